The number of rotatable bonds is 9. The van der Waals surface area contributed by atoms with Crippen LogP contribution in [0.3, 0.4) is 0 Å². The van der Waals surface area contributed by atoms with Gasteiger partial charge in [0.25, 0.3) is 5.91 Å². The molecule has 55 heavy (non-hydrogen) atoms. The number of nitrogens with one attached hydrogen (secondary N) is 3. The van der Waals surface area contributed by atoms with Crippen LogP contribution in [0.2, 0.25) is 0 Å². The normalized spacial score (nSPS) is 24.6. The fourth-order valence-corrected chi connectivity index (χ4v) is 9.14. The summed E-state index contributed by atoms with van der Waals surface area (Å²) in [5.74, 6) is -0.367. The largest absolute Gasteiger partial charge is 0.464 e. The summed E-state index contributed by atoms with van der Waals surface area (Å²) >= 11 is 1.49. The van der Waals surface area contributed by atoms with Gasteiger partial charge in [0.15, 0.2) is 0 Å². The predicted molar refractivity (Wildman–Crippen MR) is 214 cm³/mol. The van der Waals surface area contributed by atoms with Gasteiger partial charge in [-0.15, -0.1) is 11.3 Å². The van der Waals surface area contributed by atoms with Crippen molar-refractivity contribution < 1.29 is 23.9 Å². The number of carbonyl (C=O) groups excluding carboxylic acids is 3. The van der Waals surface area contributed by atoms with Gasteiger partial charge in [-0.25, -0.2) is 10.4 Å². The number of nitrogens with zero attached hydrogens (tertiary/aromatic N) is 4. The SMILES string of the molecule is CNCCCn1c(-c2cccnc2[C@H](C)OC)c2c3cc(ccc31)-c1csc(n1)C[C@H](NC(=O)[C@H]1[C@H](C)[C@@H]1C)C(=O)N1CCC[C@H](N1)C(=O)OCC(C)(C)C2. The van der Waals surface area contributed by atoms with E-state index in [0.29, 0.717) is 25.8 Å². The lowest BCUT2D eigenvalue weighted by Crippen LogP contribution is -2.60. The van der Waals surface area contributed by atoms with Crippen molar-refractivity contribution >= 4 is 40.0 Å². The van der Waals surface area contributed by atoms with Gasteiger partial charge < -0.3 is 24.7 Å². The molecule has 1 saturated heterocycles. The Morgan fingerprint density at radius 3 is 2.75 bits per heavy atom. The molecule has 1 saturated carbocycles. The Kier molecular flexibility index (Phi) is 11.5. The first-order valence-electron chi connectivity index (χ1n) is 19.7. The molecule has 7 rings (SSSR count). The van der Waals surface area contributed by atoms with Gasteiger partial charge in [-0.3, -0.25) is 24.4 Å². The van der Waals surface area contributed by atoms with Crippen molar-refractivity contribution in [3.05, 3.63) is 58.2 Å². The smallest absolute Gasteiger partial charge is 0.324 e. The second-order valence-electron chi connectivity index (χ2n) is 16.4. The van der Waals surface area contributed by atoms with E-state index in [1.165, 1.54) is 16.3 Å². The minimum absolute atomic E-state index is 0.114. The van der Waals surface area contributed by atoms with E-state index in [9.17, 15) is 14.4 Å². The first kappa shape index (κ1) is 39.1. The van der Waals surface area contributed by atoms with Crippen LogP contribution in [0.4, 0.5) is 0 Å². The summed E-state index contributed by atoms with van der Waals surface area (Å²) in [5.41, 5.74) is 9.70. The van der Waals surface area contributed by atoms with Crippen LogP contribution in [0.1, 0.15) is 76.3 Å². The molecule has 294 valence electrons. The highest BCUT2D eigenvalue weighted by Crippen LogP contribution is 2.46. The second kappa shape index (κ2) is 16.1. The van der Waals surface area contributed by atoms with Crippen molar-refractivity contribution in [3.63, 3.8) is 0 Å². The van der Waals surface area contributed by atoms with Gasteiger partial charge in [0.1, 0.15) is 12.1 Å². The molecule has 12 nitrogen and oxygen atoms in total. The van der Waals surface area contributed by atoms with Crippen LogP contribution in [0.5, 0.6) is 0 Å². The van der Waals surface area contributed by atoms with Crippen molar-refractivity contribution in [1.29, 1.82) is 0 Å². The van der Waals surface area contributed by atoms with Crippen LogP contribution in [0.25, 0.3) is 33.4 Å². The Hall–Kier alpha value is -4.17. The lowest BCUT2D eigenvalue weighted by atomic mass is 9.84. The molecule has 0 unspecified atom stereocenters. The van der Waals surface area contributed by atoms with Crippen molar-refractivity contribution in [2.24, 2.45) is 23.2 Å². The van der Waals surface area contributed by atoms with Gasteiger partial charge in [-0.1, -0.05) is 33.8 Å². The minimum Gasteiger partial charge on any atom is -0.464 e. The fourth-order valence-electron chi connectivity index (χ4n) is 8.29. The van der Waals surface area contributed by atoms with E-state index in [-0.39, 0.29) is 48.7 Å². The Bertz CT molecular complexity index is 2050. The topological polar surface area (TPSA) is 140 Å². The Morgan fingerprint density at radius 1 is 1.20 bits per heavy atom. The second-order valence-corrected chi connectivity index (χ2v) is 17.3. The van der Waals surface area contributed by atoms with Crippen molar-refractivity contribution in [2.45, 2.75) is 91.5 Å². The summed E-state index contributed by atoms with van der Waals surface area (Å²) in [7, 11) is 3.68. The number of esters is 1. The van der Waals surface area contributed by atoms with E-state index in [0.717, 1.165) is 69.2 Å². The Labute approximate surface area is 327 Å². The maximum absolute atomic E-state index is 14.1. The third-order valence-electron chi connectivity index (χ3n) is 11.8. The molecule has 2 amide bonds. The van der Waals surface area contributed by atoms with E-state index in [4.69, 9.17) is 19.4 Å². The summed E-state index contributed by atoms with van der Waals surface area (Å²) in [6, 6.07) is 9.12. The number of methoxy groups -OCH3 is 1. The number of cyclic esters (lactones) is 1. The highest BCUT2D eigenvalue weighted by Gasteiger charge is 2.49. The third kappa shape index (κ3) is 8.07. The lowest BCUT2D eigenvalue weighted by Gasteiger charge is -2.35. The van der Waals surface area contributed by atoms with Crippen LogP contribution >= 0.6 is 11.3 Å². The molecular weight excluding hydrogens is 715 g/mol. The first-order valence-corrected chi connectivity index (χ1v) is 20.6. The van der Waals surface area contributed by atoms with Crippen LogP contribution in [0.15, 0.2) is 41.9 Å². The molecule has 13 heteroatoms. The standard InChI is InChI=1S/C42H55N7O5S/c1-24-25(2)36(24)39(50)46-32-20-35-45-33(22-55-35)27-13-14-34-29(19-27)30(21-42(4,5)23-54-41(52)31-12-9-18-49(47-31)40(32)51)38(48(34)17-10-15-43-6)28-11-8-16-44-37(28)26(3)53-7/h8,11,13-14,16,19,22,24-26,31-32,36,43,47H,9-10,12,15,17-18,20-21,23H2,1-7H3,(H,46,50)/t24-,25+,26-,31-,32-,36+/m0/s1. The molecule has 1 aliphatic carbocycles. The van der Waals surface area contributed by atoms with Gasteiger partial charge in [0, 0.05) is 71.6 Å². The van der Waals surface area contributed by atoms with Crippen molar-refractivity contribution in [2.75, 3.05) is 33.9 Å². The first-order chi connectivity index (χ1) is 26.4. The summed E-state index contributed by atoms with van der Waals surface area (Å²) in [5, 5.41) is 11.8. The molecule has 3 N–H and O–H groups in total. The number of pyridine rings is 1. The van der Waals surface area contributed by atoms with Gasteiger partial charge >= 0.3 is 5.97 Å². The number of thiazole rings is 1. The van der Waals surface area contributed by atoms with Crippen LogP contribution in [-0.4, -0.2) is 83.3 Å². The zero-order valence-corrected chi connectivity index (χ0v) is 33.9. The average molecular weight is 770 g/mol. The molecule has 4 aromatic rings. The monoisotopic (exact) mass is 769 g/mol. The van der Waals surface area contributed by atoms with Crippen molar-refractivity contribution in [1.82, 2.24) is 35.6 Å². The summed E-state index contributed by atoms with van der Waals surface area (Å²) in [6.07, 6.45) is 4.54. The number of benzene rings is 1. The number of fused-ring (bicyclic) bond motifs is 6. The van der Waals surface area contributed by atoms with E-state index >= 15 is 0 Å². The number of ether oxygens (including phenoxy) is 2. The summed E-state index contributed by atoms with van der Waals surface area (Å²) in [6.45, 7) is 12.7. The summed E-state index contributed by atoms with van der Waals surface area (Å²) in [4.78, 5) is 51.2. The number of hydrazine groups is 1. The molecule has 0 spiro atoms. The number of hydrogen-bond donors (Lipinski definition) is 3. The van der Waals surface area contributed by atoms with E-state index < -0.39 is 23.5 Å². The van der Waals surface area contributed by atoms with E-state index in [1.807, 2.05) is 31.6 Å². The van der Waals surface area contributed by atoms with E-state index in [2.05, 4.69) is 72.6 Å². The molecule has 2 aliphatic heterocycles. The number of aromatic nitrogens is 3. The van der Waals surface area contributed by atoms with Crippen LogP contribution in [0, 0.1) is 23.2 Å². The number of carbonyl (C=O) groups is 3. The predicted octanol–water partition coefficient (Wildman–Crippen LogP) is 5.69. The van der Waals surface area contributed by atoms with Gasteiger partial charge in [0.2, 0.25) is 5.91 Å². The molecule has 6 bridgehead atoms. The van der Waals surface area contributed by atoms with E-state index in [1.54, 1.807) is 7.11 Å². The highest BCUT2D eigenvalue weighted by atomic mass is 32.1. The number of amides is 2. The summed E-state index contributed by atoms with van der Waals surface area (Å²) < 4.78 is 14.3. The Morgan fingerprint density at radius 2 is 2.00 bits per heavy atom. The molecule has 3 aliphatic rings. The zero-order chi connectivity index (χ0) is 39.0. The zero-order valence-electron chi connectivity index (χ0n) is 33.1. The maximum atomic E-state index is 14.1. The van der Waals surface area contributed by atoms with Gasteiger partial charge in [-0.2, -0.15) is 0 Å². The van der Waals surface area contributed by atoms with Gasteiger partial charge in [-0.05, 0) is 87.9 Å². The van der Waals surface area contributed by atoms with Crippen molar-refractivity contribution in [3.8, 4) is 22.5 Å². The van der Waals surface area contributed by atoms with Crippen LogP contribution in [-0.2, 0) is 43.2 Å². The highest BCUT2D eigenvalue weighted by molar-refractivity contribution is 7.10. The average Bonchev–Trinajstić information content (AvgIpc) is 3.45. The molecular formula is C42H55N7O5S. The molecule has 6 atom stereocenters. The lowest BCUT2D eigenvalue weighted by molar-refractivity contribution is -0.155. The molecule has 3 aromatic heterocycles. The molecule has 0 radical (unpaired) electrons. The molecule has 5 heterocycles. The fraction of sp³-hybridized carbons (Fsp3) is 0.548. The maximum Gasteiger partial charge on any atom is 0.324 e. The van der Waals surface area contributed by atoms with Gasteiger partial charge in [0.05, 0.1) is 34.8 Å². The quantitative estimate of drug-likeness (QED) is 0.145. The molecule has 2 fully saturated rings. The van der Waals surface area contributed by atoms with Crippen LogP contribution < -0.4 is 16.1 Å². The number of aryl methyl sites for hydroxylation is 1. The molecule has 1 aromatic carbocycles. The Balaban J connectivity index is 1.36. The third-order valence-corrected chi connectivity index (χ3v) is 12.6. The number of hydrogen-bond acceptors (Lipinski definition) is 10. The minimum atomic E-state index is -0.835.